The minimum absolute atomic E-state index is 0.635. The number of aromatic amines is 1. The van der Waals surface area contributed by atoms with E-state index in [1.54, 1.807) is 11.8 Å². The van der Waals surface area contributed by atoms with Crippen molar-refractivity contribution in [1.29, 1.82) is 0 Å². The van der Waals surface area contributed by atoms with Crippen LogP contribution < -0.4 is 4.74 Å². The third-order valence-electron chi connectivity index (χ3n) is 3.54. The van der Waals surface area contributed by atoms with Crippen LogP contribution in [0.1, 0.15) is 42.1 Å². The monoisotopic (exact) mass is 302 g/mol. The summed E-state index contributed by atoms with van der Waals surface area (Å²) in [5, 5.41) is 9.29. The summed E-state index contributed by atoms with van der Waals surface area (Å²) in [6.45, 7) is 4.84. The van der Waals surface area contributed by atoms with Gasteiger partial charge >= 0.3 is 0 Å². The molecule has 0 saturated heterocycles. The molecule has 3 rings (SSSR count). The van der Waals surface area contributed by atoms with Crippen molar-refractivity contribution in [3.63, 3.8) is 0 Å². The molecule has 1 heterocycles. The first-order valence-corrected chi connectivity index (χ1v) is 8.38. The van der Waals surface area contributed by atoms with Crippen molar-refractivity contribution >= 4 is 11.8 Å². The Morgan fingerprint density at radius 2 is 2.05 bits per heavy atom. The standard InChI is InChI=1S/C16H20N3OS/c1-11-5-3-6-12(2)14(11)20-9-4-10-21-16-17-15(18-19-16)13-7-8-13/h5-6,13H,4,7-10H2,1-2H3,(H,17,18,19). The number of aryl methyl sites for hydroxylation is 2. The van der Waals surface area contributed by atoms with Gasteiger partial charge in [0.2, 0.25) is 0 Å². The number of nitrogens with zero attached hydrogens (tertiary/aromatic N) is 2. The molecular formula is C16H20N3OS. The van der Waals surface area contributed by atoms with Crippen LogP contribution in [0.4, 0.5) is 0 Å². The molecule has 2 aromatic rings. The van der Waals surface area contributed by atoms with Crippen LogP contribution in [0, 0.1) is 19.9 Å². The quantitative estimate of drug-likeness (QED) is 0.626. The fraction of sp³-hybridized carbons (Fsp3) is 0.500. The van der Waals surface area contributed by atoms with Crippen LogP contribution in [0.5, 0.6) is 5.75 Å². The van der Waals surface area contributed by atoms with Gasteiger partial charge in [-0.25, -0.2) is 0 Å². The van der Waals surface area contributed by atoms with Crippen LogP contribution in [-0.2, 0) is 0 Å². The first kappa shape index (κ1) is 14.4. The molecule has 5 heteroatoms. The number of ether oxygens (including phenoxy) is 1. The van der Waals surface area contributed by atoms with E-state index in [9.17, 15) is 0 Å². The predicted molar refractivity (Wildman–Crippen MR) is 83.9 cm³/mol. The molecule has 1 aliphatic carbocycles. The molecule has 1 saturated carbocycles. The molecule has 21 heavy (non-hydrogen) atoms. The SMILES string of the molecule is Cc1c[c]cc(C)c1OCCCSc1nnc(C2CC2)[nH]1. The number of benzene rings is 1. The Balaban J connectivity index is 1.40. The van der Waals surface area contributed by atoms with Crippen molar-refractivity contribution in [1.82, 2.24) is 15.2 Å². The normalized spacial score (nSPS) is 14.4. The van der Waals surface area contributed by atoms with Gasteiger partial charge in [0.15, 0.2) is 5.16 Å². The molecule has 1 aromatic carbocycles. The van der Waals surface area contributed by atoms with E-state index >= 15 is 0 Å². The Morgan fingerprint density at radius 3 is 2.76 bits per heavy atom. The number of aromatic nitrogens is 3. The fourth-order valence-corrected chi connectivity index (χ4v) is 2.96. The van der Waals surface area contributed by atoms with Crippen LogP contribution in [0.25, 0.3) is 0 Å². The second kappa shape index (κ2) is 6.52. The summed E-state index contributed by atoms with van der Waals surface area (Å²) in [4.78, 5) is 3.30. The summed E-state index contributed by atoms with van der Waals surface area (Å²) in [6, 6.07) is 7.03. The maximum Gasteiger partial charge on any atom is 0.188 e. The minimum atomic E-state index is 0.635. The molecule has 111 valence electrons. The number of hydrogen-bond donors (Lipinski definition) is 1. The van der Waals surface area contributed by atoms with Gasteiger partial charge in [0, 0.05) is 11.7 Å². The Labute approximate surface area is 129 Å². The zero-order valence-electron chi connectivity index (χ0n) is 12.5. The lowest BCUT2D eigenvalue weighted by Gasteiger charge is -2.11. The maximum atomic E-state index is 5.88. The Hall–Kier alpha value is -1.49. The van der Waals surface area contributed by atoms with Gasteiger partial charge in [-0.1, -0.05) is 11.8 Å². The maximum absolute atomic E-state index is 5.88. The van der Waals surface area contributed by atoms with Gasteiger partial charge in [0.1, 0.15) is 11.6 Å². The van der Waals surface area contributed by atoms with Crippen LogP contribution in [0.3, 0.4) is 0 Å². The molecule has 0 unspecified atom stereocenters. The molecular weight excluding hydrogens is 282 g/mol. The van der Waals surface area contributed by atoms with Crippen LogP contribution in [0.2, 0.25) is 0 Å². The van der Waals surface area contributed by atoms with Gasteiger partial charge in [-0.15, -0.1) is 10.2 Å². The van der Waals surface area contributed by atoms with E-state index in [2.05, 4.69) is 35.1 Å². The molecule has 0 atom stereocenters. The lowest BCUT2D eigenvalue weighted by Crippen LogP contribution is -2.01. The zero-order valence-corrected chi connectivity index (χ0v) is 13.3. The third kappa shape index (κ3) is 3.79. The highest BCUT2D eigenvalue weighted by atomic mass is 32.2. The second-order valence-electron chi connectivity index (χ2n) is 5.49. The third-order valence-corrected chi connectivity index (χ3v) is 4.49. The van der Waals surface area contributed by atoms with Crippen molar-refractivity contribution in [2.24, 2.45) is 0 Å². The summed E-state index contributed by atoms with van der Waals surface area (Å²) >= 11 is 1.71. The highest BCUT2D eigenvalue weighted by molar-refractivity contribution is 7.99. The smallest absolute Gasteiger partial charge is 0.188 e. The Morgan fingerprint density at radius 1 is 1.29 bits per heavy atom. The van der Waals surface area contributed by atoms with E-state index in [1.807, 2.05) is 12.1 Å². The molecule has 0 spiro atoms. The topological polar surface area (TPSA) is 50.8 Å². The molecule has 0 bridgehead atoms. The Bertz CT molecular complexity index is 587. The Kier molecular flexibility index (Phi) is 4.48. The van der Waals surface area contributed by atoms with Gasteiger partial charge in [-0.05, 0) is 62.4 Å². The predicted octanol–water partition coefficient (Wildman–Crippen LogP) is 3.66. The lowest BCUT2D eigenvalue weighted by molar-refractivity contribution is 0.314. The van der Waals surface area contributed by atoms with Crippen LogP contribution in [0.15, 0.2) is 17.3 Å². The van der Waals surface area contributed by atoms with Gasteiger partial charge in [0.25, 0.3) is 0 Å². The highest BCUT2D eigenvalue weighted by Crippen LogP contribution is 2.38. The molecule has 1 fully saturated rings. The largest absolute Gasteiger partial charge is 0.493 e. The van der Waals surface area contributed by atoms with E-state index in [0.717, 1.165) is 46.6 Å². The van der Waals surface area contributed by atoms with E-state index in [-0.39, 0.29) is 0 Å². The molecule has 4 nitrogen and oxygen atoms in total. The van der Waals surface area contributed by atoms with E-state index in [1.165, 1.54) is 12.8 Å². The number of rotatable bonds is 7. The van der Waals surface area contributed by atoms with Crippen molar-refractivity contribution in [2.45, 2.75) is 44.2 Å². The van der Waals surface area contributed by atoms with E-state index in [4.69, 9.17) is 4.74 Å². The molecule has 1 aromatic heterocycles. The van der Waals surface area contributed by atoms with Crippen LogP contribution in [-0.4, -0.2) is 27.5 Å². The highest BCUT2D eigenvalue weighted by Gasteiger charge is 2.27. The average molecular weight is 302 g/mol. The van der Waals surface area contributed by atoms with Gasteiger partial charge in [-0.3, -0.25) is 0 Å². The van der Waals surface area contributed by atoms with Crippen molar-refractivity contribution in [3.8, 4) is 5.75 Å². The number of H-pyrrole nitrogens is 1. The molecule has 0 aliphatic heterocycles. The minimum Gasteiger partial charge on any atom is -0.493 e. The van der Waals surface area contributed by atoms with Crippen molar-refractivity contribution < 1.29 is 4.74 Å². The van der Waals surface area contributed by atoms with Crippen LogP contribution >= 0.6 is 11.8 Å². The number of thioether (sulfide) groups is 1. The second-order valence-corrected chi connectivity index (χ2v) is 6.57. The lowest BCUT2D eigenvalue weighted by atomic mass is 10.1. The summed E-state index contributed by atoms with van der Waals surface area (Å²) in [5.41, 5.74) is 2.29. The summed E-state index contributed by atoms with van der Waals surface area (Å²) < 4.78 is 5.88. The first-order chi connectivity index (χ1) is 10.2. The summed E-state index contributed by atoms with van der Waals surface area (Å²) in [6.07, 6.45) is 3.49. The molecule has 1 N–H and O–H groups in total. The number of hydrogen-bond acceptors (Lipinski definition) is 4. The average Bonchev–Trinajstić information content (AvgIpc) is 3.21. The first-order valence-electron chi connectivity index (χ1n) is 7.39. The van der Waals surface area contributed by atoms with Gasteiger partial charge < -0.3 is 9.72 Å². The molecule has 1 aliphatic rings. The fourth-order valence-electron chi connectivity index (χ4n) is 2.23. The van der Waals surface area contributed by atoms with E-state index in [0.29, 0.717) is 5.92 Å². The number of nitrogens with one attached hydrogen (secondary N) is 1. The van der Waals surface area contributed by atoms with Gasteiger partial charge in [-0.2, -0.15) is 0 Å². The van der Waals surface area contributed by atoms with E-state index < -0.39 is 0 Å². The summed E-state index contributed by atoms with van der Waals surface area (Å²) in [7, 11) is 0. The van der Waals surface area contributed by atoms with Crippen molar-refractivity contribution in [3.05, 3.63) is 35.2 Å². The molecule has 1 radical (unpaired) electrons. The zero-order chi connectivity index (χ0) is 14.7. The summed E-state index contributed by atoms with van der Waals surface area (Å²) in [5.74, 6) is 3.67. The van der Waals surface area contributed by atoms with Gasteiger partial charge in [0.05, 0.1) is 6.61 Å². The molecule has 0 amide bonds. The van der Waals surface area contributed by atoms with Crippen molar-refractivity contribution in [2.75, 3.05) is 12.4 Å².